The average molecular weight is 486 g/mol. The molecule has 2 aromatic rings. The molecular weight excluding hydrogens is 450 g/mol. The number of piperidine rings is 1. The molecule has 184 valence electrons. The molecule has 0 radical (unpaired) electrons. The predicted molar refractivity (Wildman–Crippen MR) is 133 cm³/mol. The molecule has 1 aliphatic heterocycles. The maximum Gasteiger partial charge on any atom is 0.248 e. The molecule has 2 heterocycles. The van der Waals surface area contributed by atoms with Crippen molar-refractivity contribution in [2.75, 3.05) is 13.1 Å². The number of sulfonamides is 1. The summed E-state index contributed by atoms with van der Waals surface area (Å²) in [6.45, 7) is 8.34. The highest BCUT2D eigenvalue weighted by atomic mass is 32.2. The predicted octanol–water partition coefficient (Wildman–Crippen LogP) is 4.54. The number of carbonyl (C=O) groups excluding carboxylic acids is 1. The van der Waals surface area contributed by atoms with Crippen LogP contribution in [0.1, 0.15) is 72.2 Å². The zero-order valence-electron chi connectivity index (χ0n) is 20.6. The molecule has 1 aliphatic carbocycles. The molecule has 0 spiro atoms. The minimum absolute atomic E-state index is 0.0284. The van der Waals surface area contributed by atoms with Gasteiger partial charge in [0.2, 0.25) is 15.9 Å². The van der Waals surface area contributed by atoms with Crippen LogP contribution < -0.4 is 5.32 Å². The van der Waals surface area contributed by atoms with E-state index in [-0.39, 0.29) is 35.1 Å². The fourth-order valence-corrected chi connectivity index (χ4v) is 7.08. The van der Waals surface area contributed by atoms with E-state index in [0.717, 1.165) is 42.4 Å². The molecule has 4 rings (SSSR count). The first-order valence-electron chi connectivity index (χ1n) is 12.2. The quantitative estimate of drug-likeness (QED) is 0.649. The molecule has 1 aromatic carbocycles. The largest absolute Gasteiger partial charge is 0.355 e. The van der Waals surface area contributed by atoms with Gasteiger partial charge in [-0.25, -0.2) is 8.42 Å². The Hall–Kier alpha value is -2.45. The van der Waals surface area contributed by atoms with Crippen LogP contribution in [-0.4, -0.2) is 42.9 Å². The van der Waals surface area contributed by atoms with Crippen LogP contribution in [0.5, 0.6) is 0 Å². The lowest BCUT2D eigenvalue weighted by Crippen LogP contribution is -2.47. The van der Waals surface area contributed by atoms with Crippen LogP contribution in [0.2, 0.25) is 0 Å². The molecule has 34 heavy (non-hydrogen) atoms. The van der Waals surface area contributed by atoms with E-state index in [4.69, 9.17) is 4.52 Å². The second-order valence-electron chi connectivity index (χ2n) is 9.80. The van der Waals surface area contributed by atoms with E-state index in [2.05, 4.69) is 29.5 Å². The van der Waals surface area contributed by atoms with Crippen LogP contribution in [0, 0.1) is 33.6 Å². The molecule has 1 N–H and O–H groups in total. The lowest BCUT2D eigenvalue weighted by Gasteiger charge is -2.31. The summed E-state index contributed by atoms with van der Waals surface area (Å²) < 4.78 is 34.2. The topological polar surface area (TPSA) is 92.5 Å². The first kappa shape index (κ1) is 24.7. The van der Waals surface area contributed by atoms with Crippen molar-refractivity contribution in [3.63, 3.8) is 0 Å². The lowest BCUT2D eigenvalue weighted by molar-refractivity contribution is -0.126. The Morgan fingerprint density at radius 2 is 1.74 bits per heavy atom. The Kier molecular flexibility index (Phi) is 7.28. The average Bonchev–Trinajstić information content (AvgIpc) is 3.42. The molecular formula is C26H35N3O4S. The van der Waals surface area contributed by atoms with Gasteiger partial charge < -0.3 is 9.84 Å². The second-order valence-corrected chi connectivity index (χ2v) is 11.7. The lowest BCUT2D eigenvalue weighted by atomic mass is 9.98. The Balaban J connectivity index is 1.56. The zero-order chi connectivity index (χ0) is 24.5. The highest BCUT2D eigenvalue weighted by molar-refractivity contribution is 7.89. The van der Waals surface area contributed by atoms with Crippen molar-refractivity contribution in [3.8, 4) is 0 Å². The molecule has 2 aliphatic rings. The maximum absolute atomic E-state index is 13.7. The summed E-state index contributed by atoms with van der Waals surface area (Å²) in [5.74, 6) is -0.144. The van der Waals surface area contributed by atoms with Crippen LogP contribution in [0.15, 0.2) is 21.6 Å². The van der Waals surface area contributed by atoms with Gasteiger partial charge in [-0.2, -0.15) is 4.31 Å². The normalized spacial score (nSPS) is 20.3. The van der Waals surface area contributed by atoms with Gasteiger partial charge in [0.1, 0.15) is 5.69 Å². The van der Waals surface area contributed by atoms with E-state index in [1.165, 1.54) is 9.87 Å². The minimum atomic E-state index is -3.86. The van der Waals surface area contributed by atoms with Gasteiger partial charge in [0.15, 0.2) is 10.7 Å². The Morgan fingerprint density at radius 1 is 1.06 bits per heavy atom. The van der Waals surface area contributed by atoms with Crippen molar-refractivity contribution in [1.82, 2.24) is 14.8 Å². The number of amides is 1. The van der Waals surface area contributed by atoms with Gasteiger partial charge in [0.25, 0.3) is 0 Å². The first-order valence-corrected chi connectivity index (χ1v) is 13.6. The minimum Gasteiger partial charge on any atom is -0.355 e. The maximum atomic E-state index is 13.7. The number of benzene rings is 1. The van der Waals surface area contributed by atoms with E-state index in [1.54, 1.807) is 13.0 Å². The van der Waals surface area contributed by atoms with E-state index in [9.17, 15) is 13.2 Å². The second kappa shape index (κ2) is 10.0. The molecule has 8 heteroatoms. The molecule has 2 fully saturated rings. The smallest absolute Gasteiger partial charge is 0.248 e. The first-order chi connectivity index (χ1) is 16.2. The van der Waals surface area contributed by atoms with Gasteiger partial charge in [-0.05, 0) is 76.1 Å². The van der Waals surface area contributed by atoms with Gasteiger partial charge >= 0.3 is 0 Å². The van der Waals surface area contributed by atoms with Gasteiger partial charge in [0.05, 0.1) is 5.92 Å². The van der Waals surface area contributed by atoms with Crippen molar-refractivity contribution in [2.24, 2.45) is 5.92 Å². The fourth-order valence-electron chi connectivity index (χ4n) is 5.30. The third-order valence-corrected chi connectivity index (χ3v) is 9.05. The van der Waals surface area contributed by atoms with E-state index in [0.29, 0.717) is 25.1 Å². The standard InChI is InChI=1S/C26H35N3O4S/c1-17-14-18(2)23(19(3)15-17)11-12-24-25(20(4)28-33-24)34(31,32)29-13-7-8-21(16-29)26(30)27-22-9-5-6-10-22/h11-12,14-15,21-22H,5-10,13,16H2,1-4H3,(H,27,30)/b12-11+/t21-/m0/s1. The monoisotopic (exact) mass is 485 g/mol. The summed E-state index contributed by atoms with van der Waals surface area (Å²) in [4.78, 5) is 12.9. The summed E-state index contributed by atoms with van der Waals surface area (Å²) in [5.41, 5.74) is 4.77. The summed E-state index contributed by atoms with van der Waals surface area (Å²) >= 11 is 0. The number of aromatic nitrogens is 1. The van der Waals surface area contributed by atoms with Crippen molar-refractivity contribution in [3.05, 3.63) is 45.8 Å². The van der Waals surface area contributed by atoms with Crippen LogP contribution in [0.4, 0.5) is 0 Å². The number of carbonyl (C=O) groups is 1. The van der Waals surface area contributed by atoms with E-state index < -0.39 is 10.0 Å². The molecule has 1 saturated carbocycles. The molecule has 0 unspecified atom stereocenters. The highest BCUT2D eigenvalue weighted by Crippen LogP contribution is 2.30. The number of aryl methyl sites for hydroxylation is 4. The van der Waals surface area contributed by atoms with Crippen molar-refractivity contribution >= 4 is 28.1 Å². The molecule has 7 nitrogen and oxygen atoms in total. The third kappa shape index (κ3) is 5.13. The molecule has 1 amide bonds. The molecule has 1 aromatic heterocycles. The molecule has 1 saturated heterocycles. The van der Waals surface area contributed by atoms with Gasteiger partial charge in [-0.1, -0.05) is 41.8 Å². The zero-order valence-corrected chi connectivity index (χ0v) is 21.4. The number of hydrogen-bond acceptors (Lipinski definition) is 5. The van der Waals surface area contributed by atoms with Crippen LogP contribution in [-0.2, 0) is 14.8 Å². The number of hydrogen-bond donors (Lipinski definition) is 1. The number of nitrogens with zero attached hydrogens (tertiary/aromatic N) is 2. The number of rotatable bonds is 6. The third-order valence-electron chi connectivity index (χ3n) is 7.03. The van der Waals surface area contributed by atoms with Crippen molar-refractivity contribution < 1.29 is 17.7 Å². The van der Waals surface area contributed by atoms with Crippen LogP contribution >= 0.6 is 0 Å². The summed E-state index contributed by atoms with van der Waals surface area (Å²) in [7, 11) is -3.86. The van der Waals surface area contributed by atoms with Gasteiger partial charge in [-0.15, -0.1) is 0 Å². The Labute approximate surface area is 202 Å². The van der Waals surface area contributed by atoms with Gasteiger partial charge in [-0.3, -0.25) is 4.79 Å². The Morgan fingerprint density at radius 3 is 2.41 bits per heavy atom. The SMILES string of the molecule is Cc1cc(C)c(/C=C/c2onc(C)c2S(=O)(=O)N2CCC[C@H](C(=O)NC3CCCC3)C2)c(C)c1. The number of nitrogens with one attached hydrogen (secondary N) is 1. The van der Waals surface area contributed by atoms with E-state index in [1.807, 2.05) is 19.9 Å². The Bertz CT molecular complexity index is 1170. The van der Waals surface area contributed by atoms with E-state index >= 15 is 0 Å². The molecule has 1 atom stereocenters. The van der Waals surface area contributed by atoms with Crippen molar-refractivity contribution in [1.29, 1.82) is 0 Å². The fraction of sp³-hybridized carbons (Fsp3) is 0.538. The summed E-state index contributed by atoms with van der Waals surface area (Å²) in [6, 6.07) is 4.42. The summed E-state index contributed by atoms with van der Waals surface area (Å²) in [5, 5.41) is 7.09. The van der Waals surface area contributed by atoms with Crippen LogP contribution in [0.25, 0.3) is 12.2 Å². The van der Waals surface area contributed by atoms with Crippen LogP contribution in [0.3, 0.4) is 0 Å². The summed E-state index contributed by atoms with van der Waals surface area (Å²) in [6.07, 6.45) is 9.22. The van der Waals surface area contributed by atoms with Gasteiger partial charge in [0, 0.05) is 19.1 Å². The van der Waals surface area contributed by atoms with Crippen molar-refractivity contribution in [2.45, 2.75) is 77.2 Å². The highest BCUT2D eigenvalue weighted by Gasteiger charge is 2.37. The molecule has 0 bridgehead atoms.